The minimum absolute atomic E-state index is 0.0213. The molecule has 15 N–H and O–H groups in total. The quantitative estimate of drug-likeness (QED) is 0.0150. The van der Waals surface area contributed by atoms with Gasteiger partial charge in [-0.05, 0) is 57.3 Å². The molecule has 0 radical (unpaired) electrons. The monoisotopic (exact) mass is 1190 g/mol. The van der Waals surface area contributed by atoms with Crippen molar-refractivity contribution in [2.45, 2.75) is 161 Å². The maximum Gasteiger partial charge on any atom is 0.325 e. The summed E-state index contributed by atoms with van der Waals surface area (Å²) in [6.45, 7) is 1.92. The van der Waals surface area contributed by atoms with Crippen LogP contribution in [-0.2, 0) is 67.1 Å². The summed E-state index contributed by atoms with van der Waals surface area (Å²) in [4.78, 5) is 170. The molecule has 7 atom stereocenters. The zero-order valence-corrected chi connectivity index (χ0v) is 48.1. The highest BCUT2D eigenvalue weighted by Crippen LogP contribution is 2.08. The number of carbonyl (C=O) groups is 13. The van der Waals surface area contributed by atoms with E-state index in [2.05, 4.69) is 60.1 Å². The van der Waals surface area contributed by atoms with Gasteiger partial charge < -0.3 is 68.1 Å². The molecule has 0 bridgehead atoms. The SMILES string of the molecule is CCCCCC/C=C\CC(=O)N[C@H]1COC(=O)CNC(=O)[C@H](CCCN(O)C(C)=O)NC(=O)CNC(=O)[C@H](CO)NC[C@@H](CCCN(O)C(C)=O)NC(=O)[C@H](CO)NC(=O)[C@@H](C(C)C)NC(=O)CNC(=O)[C@H](CCCN(O)C(C)=O)NC1=O. The number of ether oxygens (including phenoxy) is 1. The van der Waals surface area contributed by atoms with Crippen LogP contribution in [0.4, 0.5) is 0 Å². The Hall–Kier alpha value is -7.39. The lowest BCUT2D eigenvalue weighted by Gasteiger charge is -2.27. The number of cyclic esters (lactones) is 1. The Balaban J connectivity index is 3.77. The molecule has 12 amide bonds. The summed E-state index contributed by atoms with van der Waals surface area (Å²) >= 11 is 0. The number of rotatable bonds is 23. The van der Waals surface area contributed by atoms with Crippen LogP contribution in [0.1, 0.15) is 119 Å². The summed E-state index contributed by atoms with van der Waals surface area (Å²) in [5, 5.41) is 75.7. The van der Waals surface area contributed by atoms with E-state index in [0.29, 0.717) is 21.6 Å². The van der Waals surface area contributed by atoms with E-state index >= 15 is 0 Å². The first kappa shape index (κ1) is 73.6. The van der Waals surface area contributed by atoms with Crippen LogP contribution < -0.4 is 53.2 Å². The molecule has 0 saturated carbocycles. The second-order valence-electron chi connectivity index (χ2n) is 19.9. The second-order valence-corrected chi connectivity index (χ2v) is 19.9. The summed E-state index contributed by atoms with van der Waals surface area (Å²) in [5.74, 6) is -12.7. The van der Waals surface area contributed by atoms with E-state index in [1.807, 2.05) is 0 Å². The van der Waals surface area contributed by atoms with Crippen LogP contribution in [-0.4, -0.2) is 226 Å². The molecule has 0 aromatic carbocycles. The van der Waals surface area contributed by atoms with E-state index < -0.39 is 165 Å². The molecular formula is C51H87N13O19. The lowest BCUT2D eigenvalue weighted by Crippen LogP contribution is -2.59. The molecule has 32 heteroatoms. The van der Waals surface area contributed by atoms with Crippen LogP contribution in [0.25, 0.3) is 0 Å². The lowest BCUT2D eigenvalue weighted by atomic mass is 10.0. The van der Waals surface area contributed by atoms with Crippen molar-refractivity contribution in [2.75, 3.05) is 65.6 Å². The Morgan fingerprint density at radius 3 is 1.59 bits per heavy atom. The molecule has 83 heavy (non-hydrogen) atoms. The van der Waals surface area contributed by atoms with Crippen LogP contribution in [0.2, 0.25) is 0 Å². The molecule has 1 saturated heterocycles. The van der Waals surface area contributed by atoms with Gasteiger partial charge in [-0.15, -0.1) is 0 Å². The first-order valence-electron chi connectivity index (χ1n) is 27.5. The fraction of sp³-hybridized carbons (Fsp3) is 0.706. The fourth-order valence-electron chi connectivity index (χ4n) is 7.70. The molecule has 0 aromatic heterocycles. The van der Waals surface area contributed by atoms with Gasteiger partial charge in [-0.25, -0.2) is 15.2 Å². The van der Waals surface area contributed by atoms with Gasteiger partial charge >= 0.3 is 5.97 Å². The maximum atomic E-state index is 14.0. The van der Waals surface area contributed by atoms with Crippen molar-refractivity contribution in [1.29, 1.82) is 0 Å². The first-order chi connectivity index (χ1) is 39.2. The third kappa shape index (κ3) is 31.0. The molecular weight excluding hydrogens is 1100 g/mol. The molecule has 0 aromatic rings. The van der Waals surface area contributed by atoms with E-state index in [1.165, 1.54) is 13.8 Å². The van der Waals surface area contributed by atoms with Crippen molar-refractivity contribution in [3.05, 3.63) is 12.2 Å². The van der Waals surface area contributed by atoms with Crippen molar-refractivity contribution < 1.29 is 92.9 Å². The standard InChI is InChI=1S/C51H87N13O19/c1-7-8-9-10-11-12-13-20-41(70)58-40-30-83-44(73)27-55-46(74)36(18-15-22-63(81)33(5)68)57-42(71)25-54-48(76)38(28-65)52-24-35(17-14-21-62(80)32(4)67)56-49(77)39(29-66)60-51(79)45(31(2)3)61-43(72)26-53-47(75)37(59-50(40)78)19-16-23-64(82)34(6)69/h12-13,31,35-40,45,52,65-66,80-82H,7-11,14-30H2,1-6H3,(H,53,75)(H,54,76)(H,55,74)(H,56,77)(H,57,71)(H,58,70)(H,59,78)(H,60,79)(H,61,72)/b13-12-/t35-,36+,37+,38+,39+,40+,45-/m1/s1. The number of allylic oxidation sites excluding steroid dienone is 1. The average molecular weight is 1190 g/mol. The lowest BCUT2D eigenvalue weighted by molar-refractivity contribution is -0.163. The third-order valence-corrected chi connectivity index (χ3v) is 12.6. The highest BCUT2D eigenvalue weighted by molar-refractivity contribution is 5.96. The van der Waals surface area contributed by atoms with Crippen molar-refractivity contribution in [1.82, 2.24) is 68.4 Å². The molecule has 1 rings (SSSR count). The van der Waals surface area contributed by atoms with Crippen LogP contribution in [0.15, 0.2) is 12.2 Å². The maximum absolute atomic E-state index is 14.0. The van der Waals surface area contributed by atoms with E-state index in [9.17, 15) is 88.2 Å². The van der Waals surface area contributed by atoms with E-state index in [4.69, 9.17) is 4.74 Å². The predicted molar refractivity (Wildman–Crippen MR) is 290 cm³/mol. The molecule has 1 heterocycles. The van der Waals surface area contributed by atoms with Gasteiger partial charge in [0.25, 0.3) is 0 Å². The summed E-state index contributed by atoms with van der Waals surface area (Å²) in [5.41, 5.74) is 0. The average Bonchev–Trinajstić information content (AvgIpc) is 3.46. The second kappa shape index (κ2) is 40.7. The fourth-order valence-corrected chi connectivity index (χ4v) is 7.70. The van der Waals surface area contributed by atoms with Gasteiger partial charge in [-0.3, -0.25) is 78.0 Å². The number of nitrogens with zero attached hydrogens (tertiary/aromatic N) is 3. The Labute approximate surface area is 481 Å². The minimum atomic E-state index is -1.72. The molecule has 1 aliphatic rings. The number of esters is 1. The molecule has 32 nitrogen and oxygen atoms in total. The van der Waals surface area contributed by atoms with Gasteiger partial charge in [0.15, 0.2) is 0 Å². The highest BCUT2D eigenvalue weighted by atomic mass is 16.5. The number of amides is 12. The smallest absolute Gasteiger partial charge is 0.325 e. The minimum Gasteiger partial charge on any atom is -0.462 e. The summed E-state index contributed by atoms with van der Waals surface area (Å²) in [6, 6.07) is -10.3. The topological polar surface area (TPSA) is 462 Å². The number of hydrogen-bond acceptors (Lipinski definition) is 20. The predicted octanol–water partition coefficient (Wildman–Crippen LogP) is -4.63. The molecule has 1 aliphatic heterocycles. The Morgan fingerprint density at radius 2 is 1.07 bits per heavy atom. The molecule has 470 valence electrons. The van der Waals surface area contributed by atoms with Gasteiger partial charge in [0.1, 0.15) is 49.4 Å². The zero-order valence-electron chi connectivity index (χ0n) is 48.1. The van der Waals surface area contributed by atoms with E-state index in [1.54, 1.807) is 12.2 Å². The van der Waals surface area contributed by atoms with Crippen LogP contribution in [0, 0.1) is 5.92 Å². The van der Waals surface area contributed by atoms with Crippen molar-refractivity contribution in [2.24, 2.45) is 5.92 Å². The van der Waals surface area contributed by atoms with Crippen molar-refractivity contribution >= 4 is 76.9 Å². The number of hydroxylamine groups is 6. The number of aliphatic hydroxyl groups excluding tert-OH is 2. The van der Waals surface area contributed by atoms with E-state index in [0.717, 1.165) is 46.5 Å². The van der Waals surface area contributed by atoms with Gasteiger partial charge in [-0.1, -0.05) is 52.2 Å². The van der Waals surface area contributed by atoms with Crippen molar-refractivity contribution in [3.8, 4) is 0 Å². The number of carbonyl (C=O) groups excluding carboxylic acids is 13. The van der Waals surface area contributed by atoms with Gasteiger partial charge in [0, 0.05) is 59.4 Å². The number of unbranched alkanes of at least 4 members (excludes halogenated alkanes) is 4. The number of nitrogens with one attached hydrogen (secondary N) is 10. The largest absolute Gasteiger partial charge is 0.462 e. The first-order valence-corrected chi connectivity index (χ1v) is 27.5. The molecule has 1 fully saturated rings. The van der Waals surface area contributed by atoms with Crippen LogP contribution in [0.5, 0.6) is 0 Å². The molecule has 0 aliphatic carbocycles. The number of hydrogen-bond donors (Lipinski definition) is 15. The van der Waals surface area contributed by atoms with Gasteiger partial charge in [-0.2, -0.15) is 0 Å². The third-order valence-electron chi connectivity index (χ3n) is 12.6. The summed E-state index contributed by atoms with van der Waals surface area (Å²) < 4.78 is 5.29. The van der Waals surface area contributed by atoms with Crippen LogP contribution in [0.3, 0.4) is 0 Å². The zero-order chi connectivity index (χ0) is 62.6. The normalized spacial score (nSPS) is 22.0. The Morgan fingerprint density at radius 1 is 0.578 bits per heavy atom. The van der Waals surface area contributed by atoms with Crippen molar-refractivity contribution in [3.63, 3.8) is 0 Å². The summed E-state index contributed by atoms with van der Waals surface area (Å²) in [7, 11) is 0. The Bertz CT molecular complexity index is 2200. The van der Waals surface area contributed by atoms with E-state index in [-0.39, 0.29) is 71.1 Å². The van der Waals surface area contributed by atoms with Gasteiger partial charge in [0.05, 0.1) is 26.3 Å². The molecule has 0 unspecified atom stereocenters. The number of aliphatic hydroxyl groups is 2. The highest BCUT2D eigenvalue weighted by Gasteiger charge is 2.33. The summed E-state index contributed by atoms with van der Waals surface area (Å²) in [6.07, 6.45) is 6.89. The van der Waals surface area contributed by atoms with Gasteiger partial charge in [0.2, 0.25) is 70.9 Å². The Kier molecular flexibility index (Phi) is 36.1. The molecule has 0 spiro atoms. The van der Waals surface area contributed by atoms with Crippen LogP contribution >= 0.6 is 0 Å².